The fourth-order valence-corrected chi connectivity index (χ4v) is 2.97. The van der Waals surface area contributed by atoms with Gasteiger partial charge in [0.2, 0.25) is 5.91 Å². The zero-order valence-electron chi connectivity index (χ0n) is 9.78. The van der Waals surface area contributed by atoms with Gasteiger partial charge in [0.15, 0.2) is 0 Å². The molecule has 1 N–H and O–H groups in total. The topological polar surface area (TPSA) is 29.1 Å². The number of carbonyl (C=O) groups is 1. The molecule has 1 aromatic carbocycles. The van der Waals surface area contributed by atoms with Gasteiger partial charge < -0.3 is 5.32 Å². The first-order valence-corrected chi connectivity index (χ1v) is 7.53. The molecule has 2 nitrogen and oxygen atoms in total. The van der Waals surface area contributed by atoms with Crippen LogP contribution in [-0.4, -0.2) is 17.7 Å². The molecule has 1 aromatic rings. The summed E-state index contributed by atoms with van der Waals surface area (Å²) in [6, 6.07) is 7.99. The molecule has 0 heterocycles. The lowest BCUT2D eigenvalue weighted by molar-refractivity contribution is -0.120. The van der Waals surface area contributed by atoms with Crippen LogP contribution < -0.4 is 5.32 Å². The van der Waals surface area contributed by atoms with Crippen LogP contribution in [0.3, 0.4) is 0 Å². The molecule has 1 saturated carbocycles. The van der Waals surface area contributed by atoms with Gasteiger partial charge in [0.1, 0.15) is 0 Å². The average Bonchev–Trinajstić information content (AvgIpc) is 3.13. The van der Waals surface area contributed by atoms with Gasteiger partial charge in [-0.15, -0.1) is 11.8 Å². The van der Waals surface area contributed by atoms with Crippen molar-refractivity contribution in [3.63, 3.8) is 0 Å². The van der Waals surface area contributed by atoms with E-state index in [9.17, 15) is 4.79 Å². The summed E-state index contributed by atoms with van der Waals surface area (Å²) in [7, 11) is 0. The van der Waals surface area contributed by atoms with Gasteiger partial charge in [0, 0.05) is 15.9 Å². The summed E-state index contributed by atoms with van der Waals surface area (Å²) in [5, 5.41) is 2.96. The molecule has 0 saturated heterocycles. The van der Waals surface area contributed by atoms with Crippen LogP contribution in [0.15, 0.2) is 33.6 Å². The molecule has 1 unspecified atom stereocenters. The van der Waals surface area contributed by atoms with Gasteiger partial charge in [0.25, 0.3) is 0 Å². The second-order valence-electron chi connectivity index (χ2n) is 4.38. The van der Waals surface area contributed by atoms with Crippen molar-refractivity contribution < 1.29 is 4.79 Å². The number of nitrogens with one attached hydrogen (secondary N) is 1. The van der Waals surface area contributed by atoms with E-state index in [0.29, 0.717) is 0 Å². The summed E-state index contributed by atoms with van der Waals surface area (Å²) in [4.78, 5) is 13.0. The third-order valence-corrected chi connectivity index (χ3v) is 4.90. The molecular weight excluding hydrogens is 298 g/mol. The Morgan fingerprint density at radius 2 is 2.24 bits per heavy atom. The maximum absolute atomic E-state index is 11.8. The maximum Gasteiger partial charge on any atom is 0.233 e. The van der Waals surface area contributed by atoms with E-state index < -0.39 is 0 Å². The van der Waals surface area contributed by atoms with Gasteiger partial charge in [-0.25, -0.2) is 0 Å². The minimum atomic E-state index is -0.0487. The molecule has 4 heteroatoms. The smallest absolute Gasteiger partial charge is 0.233 e. The first-order chi connectivity index (χ1) is 8.16. The van der Waals surface area contributed by atoms with E-state index in [1.165, 1.54) is 12.8 Å². The Balaban J connectivity index is 1.84. The Morgan fingerprint density at radius 3 is 2.88 bits per heavy atom. The summed E-state index contributed by atoms with van der Waals surface area (Å²) in [6.45, 7) is 2.80. The van der Waals surface area contributed by atoms with Crippen LogP contribution in [0.4, 0.5) is 0 Å². The van der Waals surface area contributed by atoms with Crippen molar-refractivity contribution >= 4 is 33.6 Å². The minimum Gasteiger partial charge on any atom is -0.355 e. The highest BCUT2D eigenvalue weighted by Crippen LogP contribution is 2.31. The molecule has 17 heavy (non-hydrogen) atoms. The van der Waals surface area contributed by atoms with E-state index in [2.05, 4.69) is 21.2 Å². The maximum atomic E-state index is 11.8. The van der Waals surface area contributed by atoms with Gasteiger partial charge >= 0.3 is 0 Å². The predicted octanol–water partition coefficient (Wildman–Crippen LogP) is 3.46. The SMILES string of the molecule is CC(Sc1ccccc1Br)C(=O)NCC1CC1. The van der Waals surface area contributed by atoms with Crippen LogP contribution in [0.25, 0.3) is 0 Å². The van der Waals surface area contributed by atoms with E-state index in [1.807, 2.05) is 31.2 Å². The number of thioether (sulfide) groups is 1. The Morgan fingerprint density at radius 1 is 1.53 bits per heavy atom. The normalized spacial score (nSPS) is 16.6. The van der Waals surface area contributed by atoms with Gasteiger partial charge in [-0.3, -0.25) is 4.79 Å². The highest BCUT2D eigenvalue weighted by atomic mass is 79.9. The van der Waals surface area contributed by atoms with Gasteiger partial charge in [-0.1, -0.05) is 12.1 Å². The van der Waals surface area contributed by atoms with Crippen LogP contribution in [0, 0.1) is 5.92 Å². The van der Waals surface area contributed by atoms with E-state index in [1.54, 1.807) is 11.8 Å². The van der Waals surface area contributed by atoms with Crippen molar-refractivity contribution in [1.82, 2.24) is 5.32 Å². The number of carbonyl (C=O) groups excluding carboxylic acids is 1. The summed E-state index contributed by atoms with van der Waals surface area (Å²) < 4.78 is 1.05. The number of hydrogen-bond acceptors (Lipinski definition) is 2. The van der Waals surface area contributed by atoms with Crippen molar-refractivity contribution in [3.05, 3.63) is 28.7 Å². The molecule has 0 aromatic heterocycles. The molecule has 2 rings (SSSR count). The molecule has 1 aliphatic rings. The first kappa shape index (κ1) is 13.0. The Bertz CT molecular complexity index is 406. The second kappa shape index (κ2) is 5.91. The van der Waals surface area contributed by atoms with Crippen molar-refractivity contribution in [2.75, 3.05) is 6.54 Å². The summed E-state index contributed by atoms with van der Waals surface area (Å²) in [5.74, 6) is 0.872. The van der Waals surface area contributed by atoms with Crippen molar-refractivity contribution in [2.24, 2.45) is 5.92 Å². The van der Waals surface area contributed by atoms with Crippen molar-refractivity contribution in [2.45, 2.75) is 29.9 Å². The fraction of sp³-hybridized carbons (Fsp3) is 0.462. The number of hydrogen-bond donors (Lipinski definition) is 1. The number of rotatable bonds is 5. The monoisotopic (exact) mass is 313 g/mol. The molecule has 1 fully saturated rings. The Hall–Kier alpha value is -0.480. The van der Waals surface area contributed by atoms with E-state index in [4.69, 9.17) is 0 Å². The molecule has 1 amide bonds. The zero-order valence-corrected chi connectivity index (χ0v) is 12.2. The van der Waals surface area contributed by atoms with Crippen LogP contribution >= 0.6 is 27.7 Å². The minimum absolute atomic E-state index is 0.0487. The highest BCUT2D eigenvalue weighted by Gasteiger charge is 2.23. The molecule has 0 bridgehead atoms. The van der Waals surface area contributed by atoms with E-state index in [-0.39, 0.29) is 11.2 Å². The molecular formula is C13H16BrNOS. The Labute approximate surface area is 115 Å². The van der Waals surface area contributed by atoms with Crippen LogP contribution in [0.1, 0.15) is 19.8 Å². The summed E-state index contributed by atoms with van der Waals surface area (Å²) >= 11 is 5.09. The van der Waals surface area contributed by atoms with Gasteiger partial charge in [-0.2, -0.15) is 0 Å². The van der Waals surface area contributed by atoms with Crippen LogP contribution in [0.2, 0.25) is 0 Å². The van der Waals surface area contributed by atoms with Crippen molar-refractivity contribution in [3.8, 4) is 0 Å². The van der Waals surface area contributed by atoms with E-state index in [0.717, 1.165) is 21.8 Å². The third-order valence-electron chi connectivity index (χ3n) is 2.77. The molecule has 1 atom stereocenters. The lowest BCUT2D eigenvalue weighted by Crippen LogP contribution is -2.32. The number of benzene rings is 1. The molecule has 0 spiro atoms. The average molecular weight is 314 g/mol. The lowest BCUT2D eigenvalue weighted by Gasteiger charge is -2.12. The third kappa shape index (κ3) is 4.03. The fourth-order valence-electron chi connectivity index (χ4n) is 1.49. The second-order valence-corrected chi connectivity index (χ2v) is 6.62. The lowest BCUT2D eigenvalue weighted by atomic mass is 10.4. The number of amides is 1. The van der Waals surface area contributed by atoms with Gasteiger partial charge in [-0.05, 0) is 53.7 Å². The standard InChI is InChI=1S/C13H16BrNOS/c1-9(13(16)15-8-10-6-7-10)17-12-5-3-2-4-11(12)14/h2-5,9-10H,6-8H2,1H3,(H,15,16). The van der Waals surface area contributed by atoms with Crippen LogP contribution in [-0.2, 0) is 4.79 Å². The molecule has 0 radical (unpaired) electrons. The summed E-state index contributed by atoms with van der Waals surface area (Å²) in [5.41, 5.74) is 0. The largest absolute Gasteiger partial charge is 0.355 e. The highest BCUT2D eigenvalue weighted by molar-refractivity contribution is 9.10. The number of halogens is 1. The molecule has 1 aliphatic carbocycles. The van der Waals surface area contributed by atoms with Crippen LogP contribution in [0.5, 0.6) is 0 Å². The summed E-state index contributed by atoms with van der Waals surface area (Å²) in [6.07, 6.45) is 2.54. The van der Waals surface area contributed by atoms with Crippen molar-refractivity contribution in [1.29, 1.82) is 0 Å². The first-order valence-electron chi connectivity index (χ1n) is 5.85. The molecule has 92 valence electrons. The van der Waals surface area contributed by atoms with E-state index >= 15 is 0 Å². The quantitative estimate of drug-likeness (QED) is 0.843. The predicted molar refractivity (Wildman–Crippen MR) is 75.2 cm³/mol. The zero-order chi connectivity index (χ0) is 12.3. The van der Waals surface area contributed by atoms with Gasteiger partial charge in [0.05, 0.1) is 5.25 Å². The molecule has 0 aliphatic heterocycles. The Kier molecular flexibility index (Phi) is 4.51.